The fraction of sp³-hybridized carbons (Fsp3) is 0.455. The summed E-state index contributed by atoms with van der Waals surface area (Å²) in [4.78, 5) is 20.5. The Morgan fingerprint density at radius 3 is 2.33 bits per heavy atom. The smallest absolute Gasteiger partial charge is 0.318 e. The number of benzene rings is 1. The van der Waals surface area contributed by atoms with E-state index in [1.165, 1.54) is 6.07 Å². The summed E-state index contributed by atoms with van der Waals surface area (Å²) in [6, 6.07) is 2.29. The van der Waals surface area contributed by atoms with E-state index < -0.39 is 15.4 Å². The summed E-state index contributed by atoms with van der Waals surface area (Å²) in [6.07, 6.45) is 0. The molecule has 96 valence electrons. The number of rotatable bonds is 2. The van der Waals surface area contributed by atoms with Crippen LogP contribution >= 0.6 is 0 Å². The third-order valence-electron chi connectivity index (χ3n) is 3.36. The molecule has 0 bridgehead atoms. The van der Waals surface area contributed by atoms with Gasteiger partial charge in [-0.25, -0.2) is 0 Å². The molecule has 18 heavy (non-hydrogen) atoms. The summed E-state index contributed by atoms with van der Waals surface area (Å²) < 4.78 is 5.57. The SMILES string of the molecule is CC1c2cc([N+](=O)[O-])cc([N+](=O)[O-])c2OC1(C)C. The molecule has 2 rings (SSSR count). The van der Waals surface area contributed by atoms with Gasteiger partial charge in [-0.15, -0.1) is 0 Å². The highest BCUT2D eigenvalue weighted by molar-refractivity contribution is 5.62. The molecule has 1 heterocycles. The van der Waals surface area contributed by atoms with Gasteiger partial charge in [0.15, 0.2) is 0 Å². The Balaban J connectivity index is 2.69. The van der Waals surface area contributed by atoms with Crippen molar-refractivity contribution >= 4 is 11.4 Å². The van der Waals surface area contributed by atoms with Crippen molar-refractivity contribution in [1.82, 2.24) is 0 Å². The standard InChI is InChI=1S/C11H12N2O5/c1-6-8-4-7(12(14)15)5-9(13(16)17)10(8)18-11(6,2)3/h4-6H,1-3H3. The number of nitrogens with zero attached hydrogens (tertiary/aromatic N) is 2. The largest absolute Gasteiger partial charge is 0.480 e. The summed E-state index contributed by atoms with van der Waals surface area (Å²) in [5, 5.41) is 21.7. The quantitative estimate of drug-likeness (QED) is 0.595. The van der Waals surface area contributed by atoms with Crippen LogP contribution in [-0.4, -0.2) is 15.4 Å². The predicted molar refractivity (Wildman–Crippen MR) is 62.9 cm³/mol. The maximum Gasteiger partial charge on any atom is 0.318 e. The van der Waals surface area contributed by atoms with Crippen molar-refractivity contribution in [2.45, 2.75) is 32.3 Å². The molecule has 1 aliphatic rings. The molecule has 0 saturated carbocycles. The first-order chi connectivity index (χ1) is 8.24. The van der Waals surface area contributed by atoms with E-state index in [4.69, 9.17) is 4.74 Å². The van der Waals surface area contributed by atoms with Gasteiger partial charge in [0.25, 0.3) is 5.69 Å². The van der Waals surface area contributed by atoms with Crippen LogP contribution in [0.5, 0.6) is 5.75 Å². The van der Waals surface area contributed by atoms with Gasteiger partial charge in [0.05, 0.1) is 15.9 Å². The summed E-state index contributed by atoms with van der Waals surface area (Å²) in [6.45, 7) is 5.43. The number of non-ortho nitro benzene ring substituents is 1. The van der Waals surface area contributed by atoms with Crippen molar-refractivity contribution in [3.05, 3.63) is 37.9 Å². The van der Waals surface area contributed by atoms with Gasteiger partial charge in [-0.3, -0.25) is 20.2 Å². The molecule has 0 saturated heterocycles. The average Bonchev–Trinajstić information content (AvgIpc) is 2.48. The second-order valence-electron chi connectivity index (χ2n) is 4.82. The highest BCUT2D eigenvalue weighted by Gasteiger charge is 2.43. The van der Waals surface area contributed by atoms with Gasteiger partial charge >= 0.3 is 5.69 Å². The summed E-state index contributed by atoms with van der Waals surface area (Å²) in [5.41, 5.74) is -0.728. The fourth-order valence-corrected chi connectivity index (χ4v) is 2.02. The zero-order valence-corrected chi connectivity index (χ0v) is 10.2. The molecule has 1 aromatic carbocycles. The van der Waals surface area contributed by atoms with E-state index in [9.17, 15) is 20.2 Å². The van der Waals surface area contributed by atoms with Gasteiger partial charge in [0.2, 0.25) is 5.75 Å². The molecule has 0 N–H and O–H groups in total. The fourth-order valence-electron chi connectivity index (χ4n) is 2.02. The Labute approximate surface area is 103 Å². The Kier molecular flexibility index (Phi) is 2.50. The first kappa shape index (κ1) is 12.3. The number of hydrogen-bond acceptors (Lipinski definition) is 5. The van der Waals surface area contributed by atoms with Gasteiger partial charge in [0, 0.05) is 17.5 Å². The molecule has 1 aromatic rings. The lowest BCUT2D eigenvalue weighted by atomic mass is 9.88. The van der Waals surface area contributed by atoms with Crippen LogP contribution in [-0.2, 0) is 0 Å². The van der Waals surface area contributed by atoms with E-state index in [2.05, 4.69) is 0 Å². The molecule has 1 aliphatic heterocycles. The van der Waals surface area contributed by atoms with Crippen LogP contribution in [0.15, 0.2) is 12.1 Å². The summed E-state index contributed by atoms with van der Waals surface area (Å²) in [5.74, 6) is -0.00537. The van der Waals surface area contributed by atoms with Crippen LogP contribution in [0.2, 0.25) is 0 Å². The van der Waals surface area contributed by atoms with Crippen LogP contribution < -0.4 is 4.74 Å². The van der Waals surface area contributed by atoms with Crippen LogP contribution in [0.3, 0.4) is 0 Å². The number of ether oxygens (including phenoxy) is 1. The van der Waals surface area contributed by atoms with Crippen molar-refractivity contribution in [1.29, 1.82) is 0 Å². The second kappa shape index (κ2) is 3.66. The Bertz CT molecular complexity index is 553. The molecule has 0 spiro atoms. The van der Waals surface area contributed by atoms with Crippen molar-refractivity contribution in [3.63, 3.8) is 0 Å². The Morgan fingerprint density at radius 2 is 1.83 bits per heavy atom. The average molecular weight is 252 g/mol. The second-order valence-corrected chi connectivity index (χ2v) is 4.82. The monoisotopic (exact) mass is 252 g/mol. The molecule has 7 nitrogen and oxygen atoms in total. The van der Waals surface area contributed by atoms with Crippen molar-refractivity contribution in [2.75, 3.05) is 0 Å². The normalized spacial score (nSPS) is 20.1. The predicted octanol–water partition coefficient (Wildman–Crippen LogP) is 2.78. The molecule has 0 amide bonds. The first-order valence-corrected chi connectivity index (χ1v) is 5.40. The highest BCUT2D eigenvalue weighted by Crippen LogP contribution is 2.50. The van der Waals surface area contributed by atoms with Gasteiger partial charge < -0.3 is 4.74 Å². The Morgan fingerprint density at radius 1 is 1.22 bits per heavy atom. The third-order valence-corrected chi connectivity index (χ3v) is 3.36. The molecule has 1 unspecified atom stereocenters. The van der Waals surface area contributed by atoms with E-state index in [-0.39, 0.29) is 23.0 Å². The minimum absolute atomic E-state index is 0.142. The van der Waals surface area contributed by atoms with Crippen LogP contribution in [0, 0.1) is 20.2 Å². The third kappa shape index (κ3) is 1.68. The van der Waals surface area contributed by atoms with Crippen LogP contribution in [0.1, 0.15) is 32.3 Å². The van der Waals surface area contributed by atoms with E-state index in [0.717, 1.165) is 6.07 Å². The number of hydrogen-bond donors (Lipinski definition) is 0. The number of nitro groups is 2. The first-order valence-electron chi connectivity index (χ1n) is 5.40. The Hall–Kier alpha value is -2.18. The van der Waals surface area contributed by atoms with Gasteiger partial charge in [-0.2, -0.15) is 0 Å². The zero-order valence-electron chi connectivity index (χ0n) is 10.2. The number of fused-ring (bicyclic) bond motifs is 1. The maximum atomic E-state index is 11.0. The molecule has 0 aliphatic carbocycles. The molecule has 0 aromatic heterocycles. The molecule has 1 atom stereocenters. The summed E-state index contributed by atoms with van der Waals surface area (Å²) in [7, 11) is 0. The van der Waals surface area contributed by atoms with Crippen molar-refractivity contribution < 1.29 is 14.6 Å². The molecule has 7 heteroatoms. The molecular weight excluding hydrogens is 240 g/mol. The van der Waals surface area contributed by atoms with Gasteiger partial charge in [0.1, 0.15) is 5.60 Å². The lowest BCUT2D eigenvalue weighted by Crippen LogP contribution is -2.28. The molecule has 0 radical (unpaired) electrons. The topological polar surface area (TPSA) is 95.5 Å². The minimum Gasteiger partial charge on any atom is -0.480 e. The van der Waals surface area contributed by atoms with Crippen LogP contribution in [0.25, 0.3) is 0 Å². The van der Waals surface area contributed by atoms with E-state index in [1.807, 2.05) is 6.92 Å². The van der Waals surface area contributed by atoms with Gasteiger partial charge in [-0.05, 0) is 13.8 Å². The summed E-state index contributed by atoms with van der Waals surface area (Å²) >= 11 is 0. The van der Waals surface area contributed by atoms with Crippen molar-refractivity contribution in [2.24, 2.45) is 0 Å². The minimum atomic E-state index is -0.653. The lowest BCUT2D eigenvalue weighted by molar-refractivity contribution is -0.394. The zero-order chi connectivity index (χ0) is 13.7. The van der Waals surface area contributed by atoms with Gasteiger partial charge in [-0.1, -0.05) is 6.92 Å². The number of nitro benzene ring substituents is 2. The molecular formula is C11H12N2O5. The van der Waals surface area contributed by atoms with Crippen LogP contribution in [0.4, 0.5) is 11.4 Å². The lowest BCUT2D eigenvalue weighted by Gasteiger charge is -2.22. The highest BCUT2D eigenvalue weighted by atomic mass is 16.6. The maximum absolute atomic E-state index is 11.0. The molecule has 0 fully saturated rings. The van der Waals surface area contributed by atoms with Crippen molar-refractivity contribution in [3.8, 4) is 5.75 Å². The van der Waals surface area contributed by atoms with E-state index >= 15 is 0 Å². The van der Waals surface area contributed by atoms with E-state index in [1.54, 1.807) is 13.8 Å². The van der Waals surface area contributed by atoms with E-state index in [0.29, 0.717) is 5.56 Å².